The normalized spacial score (nSPS) is 15.4. The van der Waals surface area contributed by atoms with Crippen LogP contribution >= 0.6 is 11.6 Å². The molecule has 0 spiro atoms. The van der Waals surface area contributed by atoms with E-state index in [1.807, 2.05) is 32.9 Å². The number of carbonyl (C=O) groups excluding carboxylic acids is 1. The van der Waals surface area contributed by atoms with Crippen LogP contribution in [-0.2, 0) is 4.74 Å². The van der Waals surface area contributed by atoms with Gasteiger partial charge in [0.25, 0.3) is 0 Å². The summed E-state index contributed by atoms with van der Waals surface area (Å²) < 4.78 is 28.4. The fraction of sp³-hybridized carbons (Fsp3) is 0.444. The second-order valence-electron chi connectivity index (χ2n) is 10.2. The summed E-state index contributed by atoms with van der Waals surface area (Å²) in [6.45, 7) is 7.53. The summed E-state index contributed by atoms with van der Waals surface area (Å²) in [5.74, 6) is 3.15. The number of hydrogen-bond donors (Lipinski definition) is 1. The first-order valence-electron chi connectivity index (χ1n) is 12.5. The zero-order chi connectivity index (χ0) is 26.9. The number of ether oxygens (including phenoxy) is 5. The molecule has 10 nitrogen and oxygen atoms in total. The van der Waals surface area contributed by atoms with Crippen LogP contribution in [0.4, 0.5) is 16.3 Å². The topological polar surface area (TPSA) is 104 Å². The Hall–Kier alpha value is -3.66. The van der Waals surface area contributed by atoms with Crippen LogP contribution in [0, 0.1) is 5.92 Å². The molecule has 1 saturated heterocycles. The van der Waals surface area contributed by atoms with Crippen molar-refractivity contribution in [2.75, 3.05) is 38.9 Å². The summed E-state index contributed by atoms with van der Waals surface area (Å²) in [5.41, 5.74) is 0.746. The standard InChI is InChI=1S/C27H31ClN4O6/c1-27(2,3)38-26(33)32-9-7-16(8-10-32)13-35-22-12-19-17(11-21(22)34-4)25(30-14-29-19)31-23-18(28)5-6-20-24(23)37-15-36-20/h5-6,11-12,14,16H,7-10,13,15H2,1-4H3,(H,29,30,31). The number of hydrogen-bond acceptors (Lipinski definition) is 9. The summed E-state index contributed by atoms with van der Waals surface area (Å²) >= 11 is 6.45. The van der Waals surface area contributed by atoms with Crippen LogP contribution in [0.3, 0.4) is 0 Å². The van der Waals surface area contributed by atoms with E-state index in [0.717, 1.165) is 18.2 Å². The van der Waals surface area contributed by atoms with E-state index >= 15 is 0 Å². The van der Waals surface area contributed by atoms with E-state index < -0.39 is 5.60 Å². The number of nitrogens with zero attached hydrogens (tertiary/aromatic N) is 3. The Labute approximate surface area is 226 Å². The third-order valence-electron chi connectivity index (χ3n) is 6.39. The second kappa shape index (κ2) is 10.6. The Balaban J connectivity index is 1.29. The van der Waals surface area contributed by atoms with Crippen LogP contribution in [0.1, 0.15) is 33.6 Å². The van der Waals surface area contributed by atoms with Gasteiger partial charge in [-0.25, -0.2) is 14.8 Å². The SMILES string of the molecule is COc1cc2c(Nc3c(Cl)ccc4c3OCO4)ncnc2cc1OCC1CCN(C(=O)OC(C)(C)C)CC1. The molecular weight excluding hydrogens is 512 g/mol. The average molecular weight is 543 g/mol. The van der Waals surface area contributed by atoms with Gasteiger partial charge in [-0.3, -0.25) is 0 Å². The Bertz CT molecular complexity index is 1340. The first-order chi connectivity index (χ1) is 18.2. The van der Waals surface area contributed by atoms with Gasteiger partial charge in [-0.05, 0) is 57.7 Å². The summed E-state index contributed by atoms with van der Waals surface area (Å²) in [5, 5.41) is 4.48. The summed E-state index contributed by atoms with van der Waals surface area (Å²) in [6, 6.07) is 7.19. The lowest BCUT2D eigenvalue weighted by Crippen LogP contribution is -2.42. The smallest absolute Gasteiger partial charge is 0.410 e. The predicted octanol–water partition coefficient (Wildman–Crippen LogP) is 5.79. The molecular formula is C27H31ClN4O6. The molecule has 1 amide bonds. The van der Waals surface area contributed by atoms with Gasteiger partial charge in [-0.2, -0.15) is 0 Å². The van der Waals surface area contributed by atoms with Crippen molar-refractivity contribution in [1.82, 2.24) is 14.9 Å². The molecule has 0 unspecified atom stereocenters. The number of halogens is 1. The molecule has 0 saturated carbocycles. The number of nitrogens with one attached hydrogen (secondary N) is 1. The maximum absolute atomic E-state index is 12.3. The van der Waals surface area contributed by atoms with Gasteiger partial charge in [0.1, 0.15) is 23.4 Å². The van der Waals surface area contributed by atoms with Gasteiger partial charge in [0, 0.05) is 24.5 Å². The zero-order valence-corrected chi connectivity index (χ0v) is 22.6. The number of anilines is 2. The number of piperidine rings is 1. The highest BCUT2D eigenvalue weighted by atomic mass is 35.5. The van der Waals surface area contributed by atoms with Crippen LogP contribution in [0.5, 0.6) is 23.0 Å². The van der Waals surface area contributed by atoms with E-state index in [1.54, 1.807) is 24.1 Å². The van der Waals surface area contributed by atoms with Crippen molar-refractivity contribution in [3.05, 3.63) is 35.6 Å². The monoisotopic (exact) mass is 542 g/mol. The van der Waals surface area contributed by atoms with Gasteiger partial charge in [0.05, 0.1) is 24.3 Å². The molecule has 1 aromatic heterocycles. The Morgan fingerprint density at radius 3 is 2.68 bits per heavy atom. The third kappa shape index (κ3) is 5.60. The first-order valence-corrected chi connectivity index (χ1v) is 12.9. The number of carbonyl (C=O) groups is 1. The molecule has 2 aliphatic rings. The Morgan fingerprint density at radius 2 is 1.95 bits per heavy atom. The number of likely N-dealkylation sites (tertiary alicyclic amines) is 1. The fourth-order valence-electron chi connectivity index (χ4n) is 4.44. The lowest BCUT2D eigenvalue weighted by atomic mass is 9.98. The van der Waals surface area contributed by atoms with E-state index in [-0.39, 0.29) is 12.9 Å². The van der Waals surface area contributed by atoms with Crippen LogP contribution < -0.4 is 24.3 Å². The summed E-state index contributed by atoms with van der Waals surface area (Å²) in [4.78, 5) is 23.0. The van der Waals surface area contributed by atoms with Gasteiger partial charge >= 0.3 is 6.09 Å². The van der Waals surface area contributed by atoms with Crippen LogP contribution in [0.2, 0.25) is 5.02 Å². The predicted molar refractivity (Wildman–Crippen MR) is 143 cm³/mol. The van der Waals surface area contributed by atoms with Gasteiger partial charge in [-0.15, -0.1) is 0 Å². The number of amides is 1. The zero-order valence-electron chi connectivity index (χ0n) is 21.9. The van der Waals surface area contributed by atoms with Gasteiger partial charge in [-0.1, -0.05) is 11.6 Å². The Kier molecular flexibility index (Phi) is 7.25. The van der Waals surface area contributed by atoms with E-state index in [9.17, 15) is 4.79 Å². The maximum Gasteiger partial charge on any atom is 0.410 e. The summed E-state index contributed by atoms with van der Waals surface area (Å²) in [7, 11) is 1.59. The fourth-order valence-corrected chi connectivity index (χ4v) is 4.63. The molecule has 38 heavy (non-hydrogen) atoms. The van der Waals surface area contributed by atoms with E-state index in [0.29, 0.717) is 70.7 Å². The second-order valence-corrected chi connectivity index (χ2v) is 10.7. The quantitative estimate of drug-likeness (QED) is 0.414. The summed E-state index contributed by atoms with van der Waals surface area (Å²) in [6.07, 6.45) is 2.87. The molecule has 1 N–H and O–H groups in total. The number of aromatic nitrogens is 2. The van der Waals surface area contributed by atoms with E-state index in [4.69, 9.17) is 35.3 Å². The minimum atomic E-state index is -0.502. The largest absolute Gasteiger partial charge is 0.493 e. The van der Waals surface area contributed by atoms with Gasteiger partial charge < -0.3 is 33.9 Å². The number of benzene rings is 2. The molecule has 202 valence electrons. The van der Waals surface area contributed by atoms with Gasteiger partial charge in [0.15, 0.2) is 23.0 Å². The van der Waals surface area contributed by atoms with Crippen LogP contribution in [0.25, 0.3) is 10.9 Å². The average Bonchev–Trinajstić information content (AvgIpc) is 3.37. The molecule has 0 aliphatic carbocycles. The highest BCUT2D eigenvalue weighted by Crippen LogP contribution is 2.45. The van der Waals surface area contributed by atoms with Crippen molar-refractivity contribution in [2.24, 2.45) is 5.92 Å². The lowest BCUT2D eigenvalue weighted by molar-refractivity contribution is 0.0164. The van der Waals surface area contributed by atoms with Crippen molar-refractivity contribution >= 4 is 40.1 Å². The van der Waals surface area contributed by atoms with E-state index in [1.165, 1.54) is 6.33 Å². The van der Waals surface area contributed by atoms with Crippen molar-refractivity contribution < 1.29 is 28.5 Å². The third-order valence-corrected chi connectivity index (χ3v) is 6.71. The van der Waals surface area contributed by atoms with Crippen LogP contribution in [-0.4, -0.2) is 60.2 Å². The van der Waals surface area contributed by atoms with E-state index in [2.05, 4.69) is 15.3 Å². The molecule has 5 rings (SSSR count). The minimum Gasteiger partial charge on any atom is -0.493 e. The Morgan fingerprint density at radius 1 is 1.16 bits per heavy atom. The maximum atomic E-state index is 12.3. The van der Waals surface area contributed by atoms with Crippen LogP contribution in [0.15, 0.2) is 30.6 Å². The molecule has 0 radical (unpaired) electrons. The lowest BCUT2D eigenvalue weighted by Gasteiger charge is -2.33. The highest BCUT2D eigenvalue weighted by Gasteiger charge is 2.27. The van der Waals surface area contributed by atoms with Crippen molar-refractivity contribution in [1.29, 1.82) is 0 Å². The number of fused-ring (bicyclic) bond motifs is 2. The number of rotatable bonds is 6. The van der Waals surface area contributed by atoms with Crippen molar-refractivity contribution in [2.45, 2.75) is 39.2 Å². The molecule has 2 aromatic carbocycles. The number of methoxy groups -OCH3 is 1. The molecule has 0 atom stereocenters. The minimum absolute atomic E-state index is 0.128. The van der Waals surface area contributed by atoms with Crippen molar-refractivity contribution in [3.8, 4) is 23.0 Å². The van der Waals surface area contributed by atoms with Crippen molar-refractivity contribution in [3.63, 3.8) is 0 Å². The molecule has 1 fully saturated rings. The first kappa shape index (κ1) is 26.0. The molecule has 3 aromatic rings. The highest BCUT2D eigenvalue weighted by molar-refractivity contribution is 6.34. The molecule has 2 aliphatic heterocycles. The molecule has 0 bridgehead atoms. The molecule has 3 heterocycles. The molecule has 11 heteroatoms. The van der Waals surface area contributed by atoms with Gasteiger partial charge in [0.2, 0.25) is 6.79 Å².